The second kappa shape index (κ2) is 5.46. The molecule has 3 nitrogen and oxygen atoms in total. The first-order valence-corrected chi connectivity index (χ1v) is 6.23. The van der Waals surface area contributed by atoms with E-state index in [0.717, 1.165) is 30.4 Å². The summed E-state index contributed by atoms with van der Waals surface area (Å²) in [7, 11) is 0. The number of piperidine rings is 1. The molecule has 0 radical (unpaired) electrons. The zero-order valence-corrected chi connectivity index (χ0v) is 10.5. The molecule has 1 aliphatic rings. The summed E-state index contributed by atoms with van der Waals surface area (Å²) in [5.74, 6) is 0.556. The number of carbonyl (C=O) groups excluding carboxylic acids is 1. The lowest BCUT2D eigenvalue weighted by Gasteiger charge is -2.20. The van der Waals surface area contributed by atoms with E-state index in [9.17, 15) is 4.79 Å². The van der Waals surface area contributed by atoms with Crippen molar-refractivity contribution in [2.45, 2.75) is 12.8 Å². The van der Waals surface area contributed by atoms with Crippen LogP contribution in [0.15, 0.2) is 28.7 Å². The molecular formula is C12H14BrNO2. The number of esters is 1. The van der Waals surface area contributed by atoms with Crippen LogP contribution in [0.5, 0.6) is 5.75 Å². The van der Waals surface area contributed by atoms with Gasteiger partial charge in [-0.15, -0.1) is 0 Å². The Labute approximate surface area is 103 Å². The molecule has 0 bridgehead atoms. The van der Waals surface area contributed by atoms with E-state index in [-0.39, 0.29) is 11.9 Å². The van der Waals surface area contributed by atoms with E-state index in [4.69, 9.17) is 4.74 Å². The van der Waals surface area contributed by atoms with E-state index in [0.29, 0.717) is 5.75 Å². The SMILES string of the molecule is O=C(Oc1ccc(Br)cc1)C1CCNCC1. The van der Waals surface area contributed by atoms with E-state index in [1.54, 1.807) is 12.1 Å². The molecule has 0 spiro atoms. The van der Waals surface area contributed by atoms with Crippen LogP contribution in [0.2, 0.25) is 0 Å². The van der Waals surface area contributed by atoms with Gasteiger partial charge in [-0.05, 0) is 50.2 Å². The number of carbonyl (C=O) groups is 1. The van der Waals surface area contributed by atoms with E-state index in [1.807, 2.05) is 12.1 Å². The smallest absolute Gasteiger partial charge is 0.314 e. The molecule has 1 heterocycles. The monoisotopic (exact) mass is 283 g/mol. The zero-order valence-electron chi connectivity index (χ0n) is 8.91. The van der Waals surface area contributed by atoms with Gasteiger partial charge in [-0.25, -0.2) is 0 Å². The molecule has 0 aliphatic carbocycles. The van der Waals surface area contributed by atoms with Gasteiger partial charge in [0.05, 0.1) is 5.92 Å². The largest absolute Gasteiger partial charge is 0.426 e. The molecule has 1 fully saturated rings. The summed E-state index contributed by atoms with van der Waals surface area (Å²) in [6, 6.07) is 7.32. The minimum Gasteiger partial charge on any atom is -0.426 e. The normalized spacial score (nSPS) is 17.1. The van der Waals surface area contributed by atoms with Gasteiger partial charge in [0.2, 0.25) is 0 Å². The molecule has 1 aliphatic heterocycles. The summed E-state index contributed by atoms with van der Waals surface area (Å²) in [6.45, 7) is 1.81. The predicted molar refractivity (Wildman–Crippen MR) is 65.4 cm³/mol. The topological polar surface area (TPSA) is 38.3 Å². The average Bonchev–Trinajstić information content (AvgIpc) is 2.33. The standard InChI is InChI=1S/C12H14BrNO2/c13-10-1-3-11(4-2-10)16-12(15)9-5-7-14-8-6-9/h1-4,9,14H,5-8H2. The highest BCUT2D eigenvalue weighted by atomic mass is 79.9. The average molecular weight is 284 g/mol. The Morgan fingerprint density at radius 2 is 1.88 bits per heavy atom. The molecule has 1 aromatic carbocycles. The Morgan fingerprint density at radius 1 is 1.25 bits per heavy atom. The van der Waals surface area contributed by atoms with E-state index in [1.165, 1.54) is 0 Å². The minimum absolute atomic E-state index is 0.0462. The minimum atomic E-state index is -0.108. The zero-order chi connectivity index (χ0) is 11.4. The van der Waals surface area contributed by atoms with Crippen molar-refractivity contribution in [2.24, 2.45) is 5.92 Å². The van der Waals surface area contributed by atoms with Gasteiger partial charge in [-0.3, -0.25) is 4.79 Å². The molecule has 1 aromatic rings. The number of benzene rings is 1. The first-order chi connectivity index (χ1) is 7.75. The molecule has 16 heavy (non-hydrogen) atoms. The Kier molecular flexibility index (Phi) is 3.96. The number of hydrogen-bond acceptors (Lipinski definition) is 3. The molecule has 1 N–H and O–H groups in total. The lowest BCUT2D eigenvalue weighted by atomic mass is 9.98. The summed E-state index contributed by atoms with van der Waals surface area (Å²) < 4.78 is 6.30. The van der Waals surface area contributed by atoms with Gasteiger partial charge in [0.15, 0.2) is 0 Å². The molecule has 0 saturated carbocycles. The molecular weight excluding hydrogens is 270 g/mol. The van der Waals surface area contributed by atoms with Crippen LogP contribution in [0.3, 0.4) is 0 Å². The molecule has 1 saturated heterocycles. The summed E-state index contributed by atoms with van der Waals surface area (Å²) in [5.41, 5.74) is 0. The summed E-state index contributed by atoms with van der Waals surface area (Å²) >= 11 is 3.34. The molecule has 0 aromatic heterocycles. The maximum Gasteiger partial charge on any atom is 0.314 e. The van der Waals surface area contributed by atoms with Crippen LogP contribution < -0.4 is 10.1 Å². The number of halogens is 1. The number of ether oxygens (including phenoxy) is 1. The highest BCUT2D eigenvalue weighted by molar-refractivity contribution is 9.10. The van der Waals surface area contributed by atoms with Crippen LogP contribution in [0.4, 0.5) is 0 Å². The van der Waals surface area contributed by atoms with Gasteiger partial charge < -0.3 is 10.1 Å². The van der Waals surface area contributed by atoms with Crippen LogP contribution in [-0.2, 0) is 4.79 Å². The summed E-state index contributed by atoms with van der Waals surface area (Å²) in [5, 5.41) is 3.23. The highest BCUT2D eigenvalue weighted by Crippen LogP contribution is 2.19. The van der Waals surface area contributed by atoms with Crippen LogP contribution in [-0.4, -0.2) is 19.1 Å². The van der Waals surface area contributed by atoms with Crippen molar-refractivity contribution in [3.8, 4) is 5.75 Å². The van der Waals surface area contributed by atoms with Crippen LogP contribution in [0, 0.1) is 5.92 Å². The van der Waals surface area contributed by atoms with Crippen LogP contribution in [0.25, 0.3) is 0 Å². The number of hydrogen-bond donors (Lipinski definition) is 1. The van der Waals surface area contributed by atoms with E-state index < -0.39 is 0 Å². The Balaban J connectivity index is 1.93. The fourth-order valence-corrected chi connectivity index (χ4v) is 2.02. The first-order valence-electron chi connectivity index (χ1n) is 5.44. The number of nitrogens with one attached hydrogen (secondary N) is 1. The van der Waals surface area contributed by atoms with E-state index in [2.05, 4.69) is 21.2 Å². The van der Waals surface area contributed by atoms with Crippen molar-refractivity contribution in [1.82, 2.24) is 5.32 Å². The number of rotatable bonds is 2. The molecule has 0 atom stereocenters. The summed E-state index contributed by atoms with van der Waals surface area (Å²) in [6.07, 6.45) is 1.74. The van der Waals surface area contributed by atoms with Crippen molar-refractivity contribution in [2.75, 3.05) is 13.1 Å². The van der Waals surface area contributed by atoms with Gasteiger partial charge in [-0.2, -0.15) is 0 Å². The highest BCUT2D eigenvalue weighted by Gasteiger charge is 2.22. The first kappa shape index (κ1) is 11.6. The molecule has 86 valence electrons. The van der Waals surface area contributed by atoms with Gasteiger partial charge in [0.1, 0.15) is 5.75 Å². The third-order valence-electron chi connectivity index (χ3n) is 2.70. The van der Waals surface area contributed by atoms with E-state index >= 15 is 0 Å². The van der Waals surface area contributed by atoms with Crippen LogP contribution >= 0.6 is 15.9 Å². The Morgan fingerprint density at radius 3 is 2.50 bits per heavy atom. The van der Waals surface area contributed by atoms with Crippen molar-refractivity contribution < 1.29 is 9.53 Å². The molecule has 4 heteroatoms. The quantitative estimate of drug-likeness (QED) is 0.669. The predicted octanol–water partition coefficient (Wildman–Crippen LogP) is 2.35. The van der Waals surface area contributed by atoms with Crippen molar-refractivity contribution in [1.29, 1.82) is 0 Å². The maximum absolute atomic E-state index is 11.8. The van der Waals surface area contributed by atoms with Gasteiger partial charge >= 0.3 is 5.97 Å². The Bertz CT molecular complexity index is 358. The third kappa shape index (κ3) is 3.06. The lowest BCUT2D eigenvalue weighted by Crippen LogP contribution is -2.33. The van der Waals surface area contributed by atoms with Crippen molar-refractivity contribution in [3.05, 3.63) is 28.7 Å². The molecule has 0 unspecified atom stereocenters. The molecule has 2 rings (SSSR count). The second-order valence-corrected chi connectivity index (χ2v) is 4.81. The molecule has 0 amide bonds. The van der Waals surface area contributed by atoms with Crippen molar-refractivity contribution in [3.63, 3.8) is 0 Å². The van der Waals surface area contributed by atoms with Gasteiger partial charge in [-0.1, -0.05) is 15.9 Å². The van der Waals surface area contributed by atoms with Gasteiger partial charge in [0.25, 0.3) is 0 Å². The maximum atomic E-state index is 11.8. The fourth-order valence-electron chi connectivity index (χ4n) is 1.76. The summed E-state index contributed by atoms with van der Waals surface area (Å²) in [4.78, 5) is 11.8. The Hall–Kier alpha value is -0.870. The van der Waals surface area contributed by atoms with Crippen molar-refractivity contribution >= 4 is 21.9 Å². The lowest BCUT2D eigenvalue weighted by molar-refractivity contribution is -0.139. The third-order valence-corrected chi connectivity index (χ3v) is 3.23. The second-order valence-electron chi connectivity index (χ2n) is 3.90. The van der Waals surface area contributed by atoms with Crippen LogP contribution in [0.1, 0.15) is 12.8 Å². The van der Waals surface area contributed by atoms with Gasteiger partial charge in [0, 0.05) is 4.47 Å². The fraction of sp³-hybridized carbons (Fsp3) is 0.417.